The predicted molar refractivity (Wildman–Crippen MR) is 258 cm³/mol. The fourth-order valence-corrected chi connectivity index (χ4v) is 1.81. The van der Waals surface area contributed by atoms with E-state index in [2.05, 4.69) is 9.47 Å². The van der Waals surface area contributed by atoms with E-state index >= 15 is 0 Å². The summed E-state index contributed by atoms with van der Waals surface area (Å²) in [6.45, 7) is 0.844. The Labute approximate surface area is 455 Å². The summed E-state index contributed by atoms with van der Waals surface area (Å²) in [5.41, 5.74) is 0. The highest BCUT2D eigenvalue weighted by Gasteiger charge is 2.30. The molecule has 482 valence electrons. The number of hydrogen-bond donors (Lipinski definition) is 21. The van der Waals surface area contributed by atoms with Crippen molar-refractivity contribution in [2.24, 2.45) is 0 Å². The van der Waals surface area contributed by atoms with Gasteiger partial charge in [-0.1, -0.05) is 0 Å². The van der Waals surface area contributed by atoms with Crippen LogP contribution in [0, 0.1) is 0 Å². The number of methoxy groups -OCH3 is 2. The molecule has 12 unspecified atom stereocenters. The third-order valence-electron chi connectivity index (χ3n) is 5.94. The molecule has 0 aromatic rings. The molecule has 0 aromatic heterocycles. The molecule has 39 nitrogen and oxygen atoms in total. The molecule has 0 fully saturated rings. The summed E-state index contributed by atoms with van der Waals surface area (Å²) >= 11 is 0. The summed E-state index contributed by atoms with van der Waals surface area (Å²) in [7, 11) is 2.50. The number of hydrogen-bond acceptors (Lipinski definition) is 38. The molecule has 0 saturated heterocycles. The summed E-state index contributed by atoms with van der Waals surface area (Å²) in [6, 6.07) is 0. The molecule has 39 heteroatoms. The fraction of sp³-hybridized carbons (Fsp3) is 0.683. The van der Waals surface area contributed by atoms with Crippen molar-refractivity contribution in [2.75, 3.05) is 73.7 Å². The Kier molecular flexibility index (Phi) is 113. The molecular formula is C41H83O39-. The second kappa shape index (κ2) is 82.3. The van der Waals surface area contributed by atoms with Crippen molar-refractivity contribution in [3.63, 3.8) is 0 Å². The highest BCUT2D eigenvalue weighted by atomic mass is 16.6. The first-order chi connectivity index (χ1) is 35.5. The summed E-state index contributed by atoms with van der Waals surface area (Å²) in [5, 5.41) is 176. The quantitative estimate of drug-likeness (QED) is 0.0140. The lowest BCUT2D eigenvalue weighted by molar-refractivity contribution is -0.149. The lowest BCUT2D eigenvalue weighted by atomic mass is 10.0. The van der Waals surface area contributed by atoms with Gasteiger partial charge >= 0.3 is 5.97 Å². The maximum Gasteiger partial charge on any atom is 0.334 e. The zero-order valence-corrected chi connectivity index (χ0v) is 44.2. The molecule has 0 bridgehead atoms. The molecule has 0 aliphatic rings. The van der Waals surface area contributed by atoms with Gasteiger partial charge in [0, 0.05) is 27.9 Å². The van der Waals surface area contributed by atoms with Gasteiger partial charge in [0.05, 0.1) is 40.1 Å². The zero-order chi connectivity index (χ0) is 64.0. The molecule has 0 heterocycles. The molecule has 0 saturated carbocycles. The Bertz CT molecular complexity index is 1380. The van der Waals surface area contributed by atoms with Gasteiger partial charge in [-0.2, -0.15) is 0 Å². The standard InChI is InChI=1S/C6H14O6.C6H12O6.2C4H8O3.4C3H6O3.3C3H4O2.3H2O/c2*7-1-3(9)5(11)6(12)4(10)2-8;2*1-3(5)4(6)7-2;4*4-1-3(6)2-5;3*1-3(5)2-4;;;/h3-12H,1-2H2;1,3-6,8-12H,2H2;4,6H,1-2H3;3,5H,1-2H3;2*4-5H,1-2H2;2*1,3,5-6H,2H2;3*2H,1H3;3*1H2/p-1. The van der Waals surface area contributed by atoms with Gasteiger partial charge in [-0.05, 0) is 13.8 Å². The molecule has 0 aromatic carbocycles. The van der Waals surface area contributed by atoms with Gasteiger partial charge in [-0.15, -0.1) is 0 Å². The third-order valence-corrected chi connectivity index (χ3v) is 5.94. The van der Waals surface area contributed by atoms with Crippen LogP contribution in [-0.2, 0) is 77.3 Å². The minimum absolute atomic E-state index is 0. The number of carbonyl (C=O) groups is 13. The van der Waals surface area contributed by atoms with Crippen molar-refractivity contribution in [3.8, 4) is 0 Å². The monoisotopic (exact) mass is 1200 g/mol. The van der Waals surface area contributed by atoms with Crippen LogP contribution >= 0.6 is 0 Å². The highest BCUT2D eigenvalue weighted by molar-refractivity contribution is 6.24. The van der Waals surface area contributed by atoms with Crippen molar-refractivity contribution < 1.29 is 195 Å². The topological polar surface area (TPSA) is 758 Å². The second-order valence-corrected chi connectivity index (χ2v) is 12.9. The number of aliphatic hydroxyl groups excluding tert-OH is 21. The maximum atomic E-state index is 10.0. The first kappa shape index (κ1) is 110. The maximum absolute atomic E-state index is 10.0. The number of esters is 1. The van der Waals surface area contributed by atoms with Crippen LogP contribution in [0.1, 0.15) is 34.6 Å². The lowest BCUT2D eigenvalue weighted by Gasteiger charge is -2.24. The van der Waals surface area contributed by atoms with E-state index in [0.29, 0.717) is 0 Å². The minimum Gasteiger partial charge on any atom is -0.870 e. The molecule has 26 N–H and O–H groups in total. The molecule has 0 rings (SSSR count). The first-order valence-corrected chi connectivity index (χ1v) is 20.5. The average molecular weight is 1200 g/mol. The van der Waals surface area contributed by atoms with Crippen LogP contribution < -0.4 is 0 Å². The highest BCUT2D eigenvalue weighted by Crippen LogP contribution is 2.04. The van der Waals surface area contributed by atoms with Crippen molar-refractivity contribution >= 4 is 78.4 Å². The van der Waals surface area contributed by atoms with E-state index in [1.165, 1.54) is 48.8 Å². The van der Waals surface area contributed by atoms with Gasteiger partial charge in [0.15, 0.2) is 72.4 Å². The van der Waals surface area contributed by atoms with Crippen LogP contribution in [0.25, 0.3) is 0 Å². The lowest BCUT2D eigenvalue weighted by Crippen LogP contribution is -2.46. The SMILES string of the molecule is CC(=O)C=O.CC(=O)C=O.CC(=O)C=O.COC(=O)C(C)O.COC(O)C(C)=O.O=C(CO)CO.O=C(CO)CO.O=CC(O)C(O)C(O)C(O)CO.O=CC(O)CO.O=CC(O)CO.OCC(O)C(O)C(O)C(O)CO.[OH-].[OH-].[OH3+]. The van der Waals surface area contributed by atoms with Gasteiger partial charge in [-0.3, -0.25) is 43.2 Å². The van der Waals surface area contributed by atoms with E-state index in [1.54, 1.807) is 0 Å². The third kappa shape index (κ3) is 101. The van der Waals surface area contributed by atoms with Crippen molar-refractivity contribution in [1.82, 2.24) is 0 Å². The number of rotatable bonds is 24. The molecular weight excluding hydrogens is 1120 g/mol. The molecule has 0 amide bonds. The van der Waals surface area contributed by atoms with Crippen molar-refractivity contribution in [1.29, 1.82) is 0 Å². The summed E-state index contributed by atoms with van der Waals surface area (Å²) in [5.74, 6) is -3.34. The normalized spacial score (nSPS) is 13.2. The Morgan fingerprint density at radius 1 is 0.412 bits per heavy atom. The van der Waals surface area contributed by atoms with Crippen molar-refractivity contribution in [2.45, 2.75) is 108 Å². The average Bonchev–Trinajstić information content (AvgIpc) is 3.45. The summed E-state index contributed by atoms with van der Waals surface area (Å²) < 4.78 is 8.34. The van der Waals surface area contributed by atoms with E-state index in [9.17, 15) is 47.9 Å². The van der Waals surface area contributed by atoms with E-state index in [-0.39, 0.29) is 59.9 Å². The number of ether oxygens (including phenoxy) is 2. The van der Waals surface area contributed by atoms with Crippen LogP contribution in [0.5, 0.6) is 0 Å². The van der Waals surface area contributed by atoms with Gasteiger partial charge < -0.3 is 148 Å². The smallest absolute Gasteiger partial charge is 0.334 e. The Hall–Kier alpha value is -5.49. The van der Waals surface area contributed by atoms with E-state index < -0.39 is 168 Å². The van der Waals surface area contributed by atoms with Gasteiger partial charge in [0.25, 0.3) is 0 Å². The molecule has 0 radical (unpaired) electrons. The minimum atomic E-state index is -1.79. The number of aldehydes is 6. The van der Waals surface area contributed by atoms with E-state index in [1.807, 2.05) is 0 Å². The zero-order valence-electron chi connectivity index (χ0n) is 44.2. The number of Topliss-reactive ketones (excluding diaryl/α,β-unsaturated/α-hetero) is 6. The largest absolute Gasteiger partial charge is 0.870 e. The van der Waals surface area contributed by atoms with Gasteiger partial charge in [0.1, 0.15) is 93.6 Å². The molecule has 80 heavy (non-hydrogen) atoms. The predicted octanol–water partition coefficient (Wildman–Crippen LogP) is -15.7. The number of ketones is 6. The van der Waals surface area contributed by atoms with Gasteiger partial charge in [-0.25, -0.2) is 4.79 Å². The van der Waals surface area contributed by atoms with Crippen LogP contribution in [0.15, 0.2) is 0 Å². The Balaban J connectivity index is -0.0000000505. The molecule has 0 aliphatic heterocycles. The summed E-state index contributed by atoms with van der Waals surface area (Å²) in [6.07, 6.45) is -16.5. The number of carbonyl (C=O) groups excluding carboxylic acids is 13. The molecule has 0 spiro atoms. The van der Waals surface area contributed by atoms with Crippen LogP contribution in [-0.4, -0.2) is 344 Å². The van der Waals surface area contributed by atoms with E-state index in [0.717, 1.165) is 0 Å². The molecule has 0 aliphatic carbocycles. The van der Waals surface area contributed by atoms with Crippen molar-refractivity contribution in [3.05, 3.63) is 0 Å². The van der Waals surface area contributed by atoms with Crippen LogP contribution in [0.2, 0.25) is 0 Å². The molecule has 12 atom stereocenters. The number of aliphatic hydroxyl groups is 21. The van der Waals surface area contributed by atoms with Crippen LogP contribution in [0.4, 0.5) is 0 Å². The van der Waals surface area contributed by atoms with Crippen LogP contribution in [0.3, 0.4) is 0 Å². The first-order valence-electron chi connectivity index (χ1n) is 20.5. The Morgan fingerprint density at radius 3 is 0.700 bits per heavy atom. The fourth-order valence-electron chi connectivity index (χ4n) is 1.81. The summed E-state index contributed by atoms with van der Waals surface area (Å²) in [4.78, 5) is 124. The van der Waals surface area contributed by atoms with E-state index in [4.69, 9.17) is 122 Å². The van der Waals surface area contributed by atoms with Gasteiger partial charge in [0.2, 0.25) is 6.29 Å². The second-order valence-electron chi connectivity index (χ2n) is 12.9. The Morgan fingerprint density at radius 2 is 0.637 bits per heavy atom.